The quantitative estimate of drug-likeness (QED) is 0.533. The molecule has 0 spiro atoms. The van der Waals surface area contributed by atoms with Gasteiger partial charge in [-0.15, -0.1) is 0 Å². The van der Waals surface area contributed by atoms with Crippen LogP contribution in [0.25, 0.3) is 0 Å². The monoisotopic (exact) mass is 251 g/mol. The van der Waals surface area contributed by atoms with Crippen molar-refractivity contribution >= 4 is 22.0 Å². The Bertz CT molecular complexity index is 131. The highest BCUT2D eigenvalue weighted by atomic mass is 79.9. The fourth-order valence-corrected chi connectivity index (χ4v) is 1.47. The molecule has 0 aromatic heterocycles. The zero-order chi connectivity index (χ0) is 9.94. The first kappa shape index (κ1) is 12.8. The third-order valence-corrected chi connectivity index (χ3v) is 2.33. The van der Waals surface area contributed by atoms with Crippen LogP contribution < -0.4 is 5.73 Å². The van der Waals surface area contributed by atoms with E-state index in [0.717, 1.165) is 18.2 Å². The molecule has 0 radical (unpaired) electrons. The SMILES string of the molecule is NC(=O)OCCCCCCCCBr. The van der Waals surface area contributed by atoms with Gasteiger partial charge in [-0.25, -0.2) is 4.79 Å². The number of alkyl halides is 1. The van der Waals surface area contributed by atoms with E-state index in [1.54, 1.807) is 0 Å². The summed E-state index contributed by atoms with van der Waals surface area (Å²) in [5, 5.41) is 1.10. The maximum absolute atomic E-state index is 10.2. The first-order chi connectivity index (χ1) is 6.27. The molecule has 2 N–H and O–H groups in total. The number of hydrogen-bond acceptors (Lipinski definition) is 2. The Labute approximate surface area is 88.1 Å². The standard InChI is InChI=1S/C9H18BrNO2/c10-7-5-3-1-2-4-6-8-13-9(11)12/h1-8H2,(H2,11,12). The maximum atomic E-state index is 10.2. The van der Waals surface area contributed by atoms with Gasteiger partial charge in [0.15, 0.2) is 0 Å². The van der Waals surface area contributed by atoms with Gasteiger partial charge in [0.25, 0.3) is 0 Å². The van der Waals surface area contributed by atoms with Crippen molar-refractivity contribution in [3.05, 3.63) is 0 Å². The van der Waals surface area contributed by atoms with Gasteiger partial charge < -0.3 is 10.5 Å². The number of nitrogens with two attached hydrogens (primary N) is 1. The molecule has 1 amide bonds. The van der Waals surface area contributed by atoms with Gasteiger partial charge in [-0.2, -0.15) is 0 Å². The lowest BCUT2D eigenvalue weighted by Gasteiger charge is -2.01. The highest BCUT2D eigenvalue weighted by Crippen LogP contribution is 2.06. The summed E-state index contributed by atoms with van der Waals surface area (Å²) in [6, 6.07) is 0. The normalized spacial score (nSPS) is 9.92. The topological polar surface area (TPSA) is 52.3 Å². The summed E-state index contributed by atoms with van der Waals surface area (Å²) in [6.45, 7) is 0.466. The van der Waals surface area contributed by atoms with Crippen LogP contribution in [0, 0.1) is 0 Å². The molecular formula is C9H18BrNO2. The Balaban J connectivity index is 2.87. The number of halogens is 1. The van der Waals surface area contributed by atoms with Crippen LogP contribution in [-0.2, 0) is 4.74 Å². The number of rotatable bonds is 8. The second-order valence-electron chi connectivity index (χ2n) is 2.98. The van der Waals surface area contributed by atoms with E-state index in [2.05, 4.69) is 20.7 Å². The lowest BCUT2D eigenvalue weighted by molar-refractivity contribution is 0.154. The van der Waals surface area contributed by atoms with E-state index in [4.69, 9.17) is 5.73 Å². The van der Waals surface area contributed by atoms with Crippen molar-refractivity contribution in [1.82, 2.24) is 0 Å². The first-order valence-electron chi connectivity index (χ1n) is 4.75. The Hall–Kier alpha value is -0.250. The smallest absolute Gasteiger partial charge is 0.404 e. The molecule has 0 aliphatic rings. The molecule has 0 aromatic carbocycles. The van der Waals surface area contributed by atoms with Crippen LogP contribution in [0.1, 0.15) is 38.5 Å². The van der Waals surface area contributed by atoms with Crippen molar-refractivity contribution in [2.24, 2.45) is 5.73 Å². The molecule has 0 heterocycles. The molecule has 0 aliphatic carbocycles. The second kappa shape index (κ2) is 9.84. The average Bonchev–Trinajstić information content (AvgIpc) is 2.09. The van der Waals surface area contributed by atoms with Gasteiger partial charge >= 0.3 is 6.09 Å². The minimum Gasteiger partial charge on any atom is -0.450 e. The van der Waals surface area contributed by atoms with Crippen LogP contribution in [0.2, 0.25) is 0 Å². The predicted octanol–water partition coefficient (Wildman–Crippen LogP) is 2.82. The Morgan fingerprint density at radius 3 is 2.15 bits per heavy atom. The molecule has 0 bridgehead atoms. The van der Waals surface area contributed by atoms with Gasteiger partial charge in [0, 0.05) is 5.33 Å². The van der Waals surface area contributed by atoms with Gasteiger partial charge in [-0.1, -0.05) is 41.6 Å². The molecular weight excluding hydrogens is 234 g/mol. The van der Waals surface area contributed by atoms with E-state index in [9.17, 15) is 4.79 Å². The van der Waals surface area contributed by atoms with Crippen molar-refractivity contribution in [2.45, 2.75) is 38.5 Å². The van der Waals surface area contributed by atoms with Crippen LogP contribution in [0.4, 0.5) is 4.79 Å². The highest BCUT2D eigenvalue weighted by molar-refractivity contribution is 9.09. The van der Waals surface area contributed by atoms with E-state index in [1.807, 2.05) is 0 Å². The van der Waals surface area contributed by atoms with Crippen LogP contribution in [-0.4, -0.2) is 18.0 Å². The lowest BCUT2D eigenvalue weighted by atomic mass is 10.1. The van der Waals surface area contributed by atoms with Crippen molar-refractivity contribution in [3.8, 4) is 0 Å². The molecule has 4 heteroatoms. The van der Waals surface area contributed by atoms with Gasteiger partial charge in [0.2, 0.25) is 0 Å². The number of amides is 1. The van der Waals surface area contributed by atoms with Crippen LogP contribution in [0.15, 0.2) is 0 Å². The predicted molar refractivity (Wildman–Crippen MR) is 57.0 cm³/mol. The number of carbonyl (C=O) groups excluding carboxylic acids is 1. The maximum Gasteiger partial charge on any atom is 0.404 e. The molecule has 0 aliphatic heterocycles. The summed E-state index contributed by atoms with van der Waals surface area (Å²) in [7, 11) is 0. The summed E-state index contributed by atoms with van der Waals surface area (Å²) in [6.07, 6.45) is 6.39. The zero-order valence-electron chi connectivity index (χ0n) is 7.93. The molecule has 78 valence electrons. The van der Waals surface area contributed by atoms with E-state index >= 15 is 0 Å². The third-order valence-electron chi connectivity index (χ3n) is 1.77. The third kappa shape index (κ3) is 11.8. The summed E-state index contributed by atoms with van der Waals surface area (Å²) in [4.78, 5) is 10.2. The zero-order valence-corrected chi connectivity index (χ0v) is 9.51. The summed E-state index contributed by atoms with van der Waals surface area (Å²) in [5.74, 6) is 0. The number of primary amides is 1. The molecule has 3 nitrogen and oxygen atoms in total. The fraction of sp³-hybridized carbons (Fsp3) is 0.889. The van der Waals surface area contributed by atoms with Crippen LogP contribution >= 0.6 is 15.9 Å². The van der Waals surface area contributed by atoms with Crippen molar-refractivity contribution in [1.29, 1.82) is 0 Å². The first-order valence-corrected chi connectivity index (χ1v) is 5.87. The molecule has 0 aromatic rings. The molecule has 0 atom stereocenters. The van der Waals surface area contributed by atoms with E-state index < -0.39 is 6.09 Å². The van der Waals surface area contributed by atoms with Crippen molar-refractivity contribution in [3.63, 3.8) is 0 Å². The van der Waals surface area contributed by atoms with Gasteiger partial charge in [0.1, 0.15) is 0 Å². The highest BCUT2D eigenvalue weighted by Gasteiger charge is 1.93. The van der Waals surface area contributed by atoms with E-state index in [0.29, 0.717) is 6.61 Å². The van der Waals surface area contributed by atoms with Crippen molar-refractivity contribution < 1.29 is 9.53 Å². The Kier molecular flexibility index (Phi) is 9.65. The fourth-order valence-electron chi connectivity index (χ4n) is 1.08. The average molecular weight is 252 g/mol. The minimum absolute atomic E-state index is 0.466. The molecule has 0 fully saturated rings. The minimum atomic E-state index is -0.667. The van der Waals surface area contributed by atoms with Crippen LogP contribution in [0.3, 0.4) is 0 Å². The van der Waals surface area contributed by atoms with Gasteiger partial charge in [-0.05, 0) is 12.8 Å². The number of carbonyl (C=O) groups is 1. The van der Waals surface area contributed by atoms with Gasteiger partial charge in [0.05, 0.1) is 6.61 Å². The Morgan fingerprint density at radius 1 is 1.08 bits per heavy atom. The van der Waals surface area contributed by atoms with E-state index in [-0.39, 0.29) is 0 Å². The van der Waals surface area contributed by atoms with Gasteiger partial charge in [-0.3, -0.25) is 0 Å². The lowest BCUT2D eigenvalue weighted by Crippen LogP contribution is -2.13. The number of unbranched alkanes of at least 4 members (excludes halogenated alkanes) is 5. The summed E-state index contributed by atoms with van der Waals surface area (Å²) < 4.78 is 4.60. The molecule has 0 unspecified atom stereocenters. The number of hydrogen-bond donors (Lipinski definition) is 1. The second-order valence-corrected chi connectivity index (χ2v) is 3.77. The van der Waals surface area contributed by atoms with Crippen molar-refractivity contribution in [2.75, 3.05) is 11.9 Å². The summed E-state index contributed by atoms with van der Waals surface area (Å²) >= 11 is 3.39. The summed E-state index contributed by atoms with van der Waals surface area (Å²) in [5.41, 5.74) is 4.81. The number of ether oxygens (including phenoxy) is 1. The van der Waals surface area contributed by atoms with Crippen LogP contribution in [0.5, 0.6) is 0 Å². The Morgan fingerprint density at radius 2 is 1.62 bits per heavy atom. The largest absolute Gasteiger partial charge is 0.450 e. The molecule has 0 saturated heterocycles. The van der Waals surface area contributed by atoms with E-state index in [1.165, 1.54) is 25.7 Å². The molecule has 0 saturated carbocycles. The molecule has 0 rings (SSSR count). The molecule has 13 heavy (non-hydrogen) atoms.